The number of hydrogen-bond donors (Lipinski definition) is 1. The van der Waals surface area contributed by atoms with Crippen LogP contribution in [-0.4, -0.2) is 25.2 Å². The Labute approximate surface area is 236 Å². The molecular formula is C33H51N3O3. The van der Waals surface area contributed by atoms with Gasteiger partial charge in [0.15, 0.2) is 0 Å². The number of fused-ring (bicyclic) bond motifs is 5. The van der Waals surface area contributed by atoms with E-state index in [1.54, 1.807) is 7.11 Å². The van der Waals surface area contributed by atoms with Gasteiger partial charge in [0.1, 0.15) is 0 Å². The number of methoxy groups -OCH3 is 1. The molecule has 4 aliphatic rings. The molecule has 0 heterocycles. The summed E-state index contributed by atoms with van der Waals surface area (Å²) >= 11 is 0. The number of rotatable bonds is 6. The van der Waals surface area contributed by atoms with Crippen molar-refractivity contribution in [1.29, 1.82) is 5.26 Å². The Hall–Kier alpha value is -2.16. The van der Waals surface area contributed by atoms with Crippen molar-refractivity contribution in [2.75, 3.05) is 7.11 Å². The molecule has 1 N–H and O–H groups in total. The quantitative estimate of drug-likeness (QED) is 0.170. The largest absolute Gasteiger partial charge is 0.469 e. The van der Waals surface area contributed by atoms with Crippen molar-refractivity contribution >= 4 is 18.1 Å². The number of nitrogens with one attached hydrogen (secondary N) is 1. The number of amides is 1. The van der Waals surface area contributed by atoms with Crippen molar-refractivity contribution < 1.29 is 14.3 Å². The minimum absolute atomic E-state index is 0.0104. The summed E-state index contributed by atoms with van der Waals surface area (Å²) in [4.78, 5) is 24.9. The molecule has 4 fully saturated rings. The Morgan fingerprint density at radius 2 is 1.77 bits per heavy atom. The summed E-state index contributed by atoms with van der Waals surface area (Å²) in [6.07, 6.45) is 10.5. The van der Waals surface area contributed by atoms with Crippen LogP contribution < -0.4 is 5.43 Å². The molecule has 0 unspecified atom stereocenters. The van der Waals surface area contributed by atoms with E-state index in [-0.39, 0.29) is 50.8 Å². The van der Waals surface area contributed by atoms with Gasteiger partial charge in [0.05, 0.1) is 18.6 Å². The summed E-state index contributed by atoms with van der Waals surface area (Å²) in [5, 5.41) is 14.4. The lowest BCUT2D eigenvalue weighted by Crippen LogP contribution is -2.65. The molecule has 0 aromatic rings. The molecule has 0 bridgehead atoms. The smallest absolute Gasteiger partial charge is 0.312 e. The summed E-state index contributed by atoms with van der Waals surface area (Å²) in [5.41, 5.74) is 3.09. The Morgan fingerprint density at radius 1 is 1.08 bits per heavy atom. The van der Waals surface area contributed by atoms with Gasteiger partial charge in [0, 0.05) is 25.0 Å². The molecule has 0 spiro atoms. The van der Waals surface area contributed by atoms with Crippen LogP contribution >= 0.6 is 0 Å². The van der Waals surface area contributed by atoms with Gasteiger partial charge in [-0.05, 0) is 104 Å². The number of esters is 1. The Morgan fingerprint density at radius 3 is 2.36 bits per heavy atom. The predicted octanol–water partition coefficient (Wildman–Crippen LogP) is 7.06. The first-order chi connectivity index (χ1) is 18.1. The van der Waals surface area contributed by atoms with Crippen molar-refractivity contribution in [3.8, 4) is 6.07 Å². The number of carbonyl (C=O) groups excluding carboxylic acids is 2. The average molecular weight is 538 g/mol. The van der Waals surface area contributed by atoms with E-state index in [0.717, 1.165) is 51.4 Å². The van der Waals surface area contributed by atoms with Crippen molar-refractivity contribution in [2.45, 2.75) is 106 Å². The average Bonchev–Trinajstić information content (AvgIpc) is 3.25. The molecule has 4 rings (SSSR count). The van der Waals surface area contributed by atoms with Crippen molar-refractivity contribution in [1.82, 2.24) is 5.43 Å². The van der Waals surface area contributed by atoms with E-state index < -0.39 is 0 Å². The van der Waals surface area contributed by atoms with Crippen LogP contribution in [0.3, 0.4) is 0 Å². The number of nitrogens with zero attached hydrogens (tertiary/aromatic N) is 2. The van der Waals surface area contributed by atoms with Crippen molar-refractivity contribution in [2.24, 2.45) is 61.8 Å². The minimum Gasteiger partial charge on any atom is -0.469 e. The fourth-order valence-corrected chi connectivity index (χ4v) is 11.1. The minimum atomic E-state index is -0.388. The van der Waals surface area contributed by atoms with Crippen LogP contribution in [0.25, 0.3) is 0 Å². The van der Waals surface area contributed by atoms with Gasteiger partial charge in [0.2, 0.25) is 5.91 Å². The molecule has 39 heavy (non-hydrogen) atoms. The highest BCUT2D eigenvalue weighted by Gasteiger charge is 2.71. The van der Waals surface area contributed by atoms with E-state index in [1.807, 2.05) is 6.21 Å². The SMILES string of the molecule is C=C(C)[C@@H]1CC[C@]2(C(=O)OC)CC[C@]3(C)[C@H](CC[C@@H]4[C@@](C)(CC#N)[C@H](C(C)(C)/C=N/NC(C)=O)CC[C@]43C)[C@@H]12. The molecular weight excluding hydrogens is 486 g/mol. The van der Waals surface area contributed by atoms with E-state index in [1.165, 1.54) is 12.5 Å². The Balaban J connectivity index is 1.75. The van der Waals surface area contributed by atoms with Crippen molar-refractivity contribution in [3.05, 3.63) is 12.2 Å². The monoisotopic (exact) mass is 537 g/mol. The number of hydrazone groups is 1. The van der Waals surface area contributed by atoms with Crippen LogP contribution in [-0.2, 0) is 14.3 Å². The maximum Gasteiger partial charge on any atom is 0.312 e. The number of allylic oxidation sites excluding steroid dienone is 1. The zero-order valence-electron chi connectivity index (χ0n) is 25.7. The first-order valence-electron chi connectivity index (χ1n) is 15.1. The van der Waals surface area contributed by atoms with Crippen molar-refractivity contribution in [3.63, 3.8) is 0 Å². The summed E-state index contributed by atoms with van der Waals surface area (Å²) in [7, 11) is 1.56. The lowest BCUT2D eigenvalue weighted by molar-refractivity contribution is -0.226. The highest BCUT2D eigenvalue weighted by atomic mass is 16.5. The topological polar surface area (TPSA) is 91.6 Å². The lowest BCUT2D eigenvalue weighted by atomic mass is 9.33. The molecule has 6 nitrogen and oxygen atoms in total. The molecule has 0 radical (unpaired) electrons. The first kappa shape index (κ1) is 29.8. The Kier molecular flexibility index (Phi) is 7.67. The zero-order valence-corrected chi connectivity index (χ0v) is 25.7. The van der Waals surface area contributed by atoms with Crippen LogP contribution in [0.5, 0.6) is 0 Å². The summed E-state index contributed by atoms with van der Waals surface area (Å²) in [5.74, 6) is 1.56. The highest BCUT2D eigenvalue weighted by Crippen LogP contribution is 2.76. The maximum absolute atomic E-state index is 13.4. The zero-order chi connectivity index (χ0) is 29.0. The van der Waals surface area contributed by atoms with Gasteiger partial charge >= 0.3 is 5.97 Å². The molecule has 4 aliphatic carbocycles. The maximum atomic E-state index is 13.4. The van der Waals surface area contributed by atoms with Crippen LogP contribution in [0.4, 0.5) is 0 Å². The number of nitriles is 1. The fraction of sp³-hybridized carbons (Fsp3) is 0.818. The molecule has 0 aliphatic heterocycles. The van der Waals surface area contributed by atoms with Crippen LogP contribution in [0.1, 0.15) is 106 Å². The van der Waals surface area contributed by atoms with Crippen LogP contribution in [0.2, 0.25) is 0 Å². The Bertz CT molecular complexity index is 1090. The fourth-order valence-electron chi connectivity index (χ4n) is 11.1. The van der Waals surface area contributed by atoms with Crippen LogP contribution in [0, 0.1) is 68.0 Å². The molecule has 216 valence electrons. The second kappa shape index (κ2) is 10.0. The highest BCUT2D eigenvalue weighted by molar-refractivity contribution is 5.78. The van der Waals surface area contributed by atoms with Gasteiger partial charge in [0.25, 0.3) is 0 Å². The molecule has 0 aromatic heterocycles. The van der Waals surface area contributed by atoms with E-state index >= 15 is 0 Å². The number of carbonyl (C=O) groups is 2. The van der Waals surface area contributed by atoms with Gasteiger partial charge in [-0.25, -0.2) is 5.43 Å². The predicted molar refractivity (Wildman–Crippen MR) is 154 cm³/mol. The third-order valence-electron chi connectivity index (χ3n) is 12.9. The second-order valence-electron chi connectivity index (χ2n) is 14.9. The normalized spacial score (nSPS) is 43.5. The van der Waals surface area contributed by atoms with E-state index in [9.17, 15) is 14.9 Å². The third-order valence-corrected chi connectivity index (χ3v) is 12.9. The molecule has 4 saturated carbocycles. The van der Waals surface area contributed by atoms with Crippen LogP contribution in [0.15, 0.2) is 17.3 Å². The summed E-state index contributed by atoms with van der Waals surface area (Å²) in [6.45, 7) is 19.8. The second-order valence-corrected chi connectivity index (χ2v) is 14.9. The summed E-state index contributed by atoms with van der Waals surface area (Å²) < 4.78 is 5.49. The molecule has 0 saturated heterocycles. The molecule has 9 atom stereocenters. The number of hydrogen-bond acceptors (Lipinski definition) is 5. The summed E-state index contributed by atoms with van der Waals surface area (Å²) in [6, 6.07) is 2.59. The first-order valence-corrected chi connectivity index (χ1v) is 15.1. The van der Waals surface area contributed by atoms with Gasteiger partial charge in [-0.15, -0.1) is 0 Å². The van der Waals surface area contributed by atoms with E-state index in [0.29, 0.717) is 24.2 Å². The molecule has 6 heteroatoms. The molecule has 1 amide bonds. The van der Waals surface area contributed by atoms with Gasteiger partial charge in [-0.3, -0.25) is 9.59 Å². The number of ether oxygens (including phenoxy) is 1. The standard InChI is InChI=1S/C33H51N3O3/c1-21(2)23-12-15-33(28(38)39-9)17-16-31(7)24(27(23)33)10-11-26-30(6,18-19-34)25(13-14-32(26,31)8)29(4,5)20-35-36-22(3)37/h20,23-27H,1,10-18H2,2-9H3,(H,36,37)/b35-20+/t23-,24+,25-,26+,27+,30-,31+,32+,33-/m0/s1. The van der Waals surface area contributed by atoms with E-state index in [2.05, 4.69) is 64.7 Å². The molecule has 0 aromatic carbocycles. The van der Waals surface area contributed by atoms with Gasteiger partial charge in [-0.1, -0.05) is 46.8 Å². The third kappa shape index (κ3) is 4.29. The van der Waals surface area contributed by atoms with Gasteiger partial charge < -0.3 is 4.74 Å². The lowest BCUT2D eigenvalue weighted by Gasteiger charge is -2.71. The van der Waals surface area contributed by atoms with E-state index in [4.69, 9.17) is 4.74 Å². The van der Waals surface area contributed by atoms with Gasteiger partial charge in [-0.2, -0.15) is 10.4 Å².